The summed E-state index contributed by atoms with van der Waals surface area (Å²) in [7, 11) is 1.32. The topological polar surface area (TPSA) is 59.1 Å². The van der Waals surface area contributed by atoms with E-state index in [1.54, 1.807) is 6.07 Å². The highest BCUT2D eigenvalue weighted by atomic mass is 19.1. The molecule has 0 bridgehead atoms. The number of hydrogen-bond donors (Lipinski definition) is 0. The fraction of sp³-hybridized carbons (Fsp3) is 0.692. The number of piperidine rings is 1. The molecule has 0 N–H and O–H groups in total. The van der Waals surface area contributed by atoms with Crippen molar-refractivity contribution >= 4 is 12.1 Å². The number of methoxy groups -OCH3 is 1. The zero-order valence-electron chi connectivity index (χ0n) is 20.6. The van der Waals surface area contributed by atoms with Crippen molar-refractivity contribution < 1.29 is 23.5 Å². The van der Waals surface area contributed by atoms with Crippen LogP contribution in [0, 0.1) is 11.2 Å². The zero-order valence-corrected chi connectivity index (χ0v) is 20.6. The molecule has 7 heteroatoms. The fourth-order valence-electron chi connectivity index (χ4n) is 5.86. The molecular weight excluding hydrogens is 423 g/mol. The summed E-state index contributed by atoms with van der Waals surface area (Å²) in [5.41, 5.74) is 1.75. The van der Waals surface area contributed by atoms with Crippen molar-refractivity contribution in [3.63, 3.8) is 0 Å². The molecule has 2 heterocycles. The summed E-state index contributed by atoms with van der Waals surface area (Å²) in [5.74, 6) is -0.800. The number of benzene rings is 1. The summed E-state index contributed by atoms with van der Waals surface area (Å²) in [4.78, 5) is 28.7. The van der Waals surface area contributed by atoms with Crippen LogP contribution in [0.25, 0.3) is 0 Å². The van der Waals surface area contributed by atoms with Gasteiger partial charge in [0.2, 0.25) is 0 Å². The molecule has 1 amide bonds. The maximum atomic E-state index is 14.8. The number of hydrogen-bond acceptors (Lipinski definition) is 5. The van der Waals surface area contributed by atoms with Gasteiger partial charge in [0.15, 0.2) is 0 Å². The number of nitrogens with zero attached hydrogens (tertiary/aromatic N) is 2. The summed E-state index contributed by atoms with van der Waals surface area (Å²) in [6.45, 7) is 10.0. The number of fused-ring (bicyclic) bond motifs is 1. The Kier molecular flexibility index (Phi) is 6.47. The SMILES string of the molecule is CC[C@@H]1Cc2c(F)cc(C(=O)OC)cc2CN1C1CC2(CCN(C(=O)OC(C)(C)C)CC2)C1. The van der Waals surface area contributed by atoms with E-state index in [9.17, 15) is 14.0 Å². The molecule has 0 aromatic heterocycles. The Balaban J connectivity index is 1.40. The van der Waals surface area contributed by atoms with Crippen molar-refractivity contribution in [3.8, 4) is 0 Å². The molecule has 0 radical (unpaired) electrons. The Bertz CT molecular complexity index is 910. The molecule has 1 spiro atoms. The third kappa shape index (κ3) is 4.88. The van der Waals surface area contributed by atoms with Gasteiger partial charge in [-0.15, -0.1) is 0 Å². The lowest BCUT2D eigenvalue weighted by molar-refractivity contribution is -0.0658. The van der Waals surface area contributed by atoms with E-state index >= 15 is 0 Å². The van der Waals surface area contributed by atoms with Crippen LogP contribution in [0.5, 0.6) is 0 Å². The molecule has 33 heavy (non-hydrogen) atoms. The Morgan fingerprint density at radius 2 is 1.85 bits per heavy atom. The zero-order chi connectivity index (χ0) is 24.0. The normalized spacial score (nSPS) is 23.1. The molecule has 1 saturated heterocycles. The number of amides is 1. The minimum Gasteiger partial charge on any atom is -0.465 e. The molecule has 1 aromatic carbocycles. The van der Waals surface area contributed by atoms with E-state index < -0.39 is 11.6 Å². The molecule has 1 saturated carbocycles. The van der Waals surface area contributed by atoms with E-state index in [1.165, 1.54) is 13.2 Å². The molecule has 1 aliphatic carbocycles. The highest BCUT2D eigenvalue weighted by Gasteiger charge is 2.50. The summed E-state index contributed by atoms with van der Waals surface area (Å²) in [6.07, 6.45) is 5.66. The molecular formula is C26H37FN2O4. The summed E-state index contributed by atoms with van der Waals surface area (Å²) in [5, 5.41) is 0. The average Bonchev–Trinajstić information content (AvgIpc) is 2.74. The third-order valence-corrected chi connectivity index (χ3v) is 7.72. The predicted octanol–water partition coefficient (Wildman–Crippen LogP) is 4.93. The number of carbonyl (C=O) groups is 2. The first-order valence-electron chi connectivity index (χ1n) is 12.2. The van der Waals surface area contributed by atoms with Crippen LogP contribution < -0.4 is 0 Å². The van der Waals surface area contributed by atoms with Crippen LogP contribution in [0.4, 0.5) is 9.18 Å². The fourth-order valence-corrected chi connectivity index (χ4v) is 5.86. The quantitative estimate of drug-likeness (QED) is 0.599. The number of esters is 1. The average molecular weight is 461 g/mol. The van der Waals surface area contributed by atoms with Gasteiger partial charge in [-0.1, -0.05) is 6.92 Å². The predicted molar refractivity (Wildman–Crippen MR) is 124 cm³/mol. The van der Waals surface area contributed by atoms with Crippen LogP contribution in [0.15, 0.2) is 12.1 Å². The lowest BCUT2D eigenvalue weighted by Crippen LogP contribution is -2.58. The molecule has 1 aromatic rings. The van der Waals surface area contributed by atoms with Gasteiger partial charge in [-0.25, -0.2) is 14.0 Å². The van der Waals surface area contributed by atoms with Crippen LogP contribution in [0.2, 0.25) is 0 Å². The van der Waals surface area contributed by atoms with Gasteiger partial charge in [-0.2, -0.15) is 0 Å². The van der Waals surface area contributed by atoms with Crippen molar-refractivity contribution in [3.05, 3.63) is 34.6 Å². The van der Waals surface area contributed by atoms with Crippen molar-refractivity contribution in [2.24, 2.45) is 5.41 Å². The molecule has 3 aliphatic rings. The van der Waals surface area contributed by atoms with E-state index in [1.807, 2.05) is 25.7 Å². The molecule has 6 nitrogen and oxygen atoms in total. The second kappa shape index (κ2) is 8.90. The maximum absolute atomic E-state index is 14.8. The van der Waals surface area contributed by atoms with Crippen LogP contribution in [0.1, 0.15) is 81.3 Å². The van der Waals surface area contributed by atoms with Gasteiger partial charge in [0.05, 0.1) is 12.7 Å². The standard InChI is InChI=1S/C26H37FN2O4/c1-6-19-13-21-18(11-17(12-22(21)27)23(30)32-5)16-29(19)20-14-26(15-20)7-9-28(10-8-26)24(31)33-25(2,3)4/h11-12,19-20H,6-10,13-16H2,1-5H3/t19-/m1/s1. The number of halogens is 1. The van der Waals surface area contributed by atoms with Crippen LogP contribution in [0.3, 0.4) is 0 Å². The van der Waals surface area contributed by atoms with Crippen molar-refractivity contribution in [1.82, 2.24) is 9.80 Å². The van der Waals surface area contributed by atoms with Crippen LogP contribution in [-0.2, 0) is 22.4 Å². The van der Waals surface area contributed by atoms with Crippen molar-refractivity contribution in [1.29, 1.82) is 0 Å². The number of ether oxygens (including phenoxy) is 2. The van der Waals surface area contributed by atoms with Gasteiger partial charge in [0.1, 0.15) is 11.4 Å². The van der Waals surface area contributed by atoms with Gasteiger partial charge >= 0.3 is 12.1 Å². The van der Waals surface area contributed by atoms with Gasteiger partial charge in [0.25, 0.3) is 0 Å². The maximum Gasteiger partial charge on any atom is 0.410 e. The summed E-state index contributed by atoms with van der Waals surface area (Å²) in [6, 6.07) is 3.88. The van der Waals surface area contributed by atoms with E-state index in [4.69, 9.17) is 9.47 Å². The monoisotopic (exact) mass is 460 g/mol. The third-order valence-electron chi connectivity index (χ3n) is 7.72. The Morgan fingerprint density at radius 1 is 1.18 bits per heavy atom. The molecule has 2 aliphatic heterocycles. The second-order valence-electron chi connectivity index (χ2n) is 11.1. The van der Waals surface area contributed by atoms with Gasteiger partial charge in [0, 0.05) is 31.7 Å². The van der Waals surface area contributed by atoms with Gasteiger partial charge < -0.3 is 14.4 Å². The van der Waals surface area contributed by atoms with E-state index in [-0.39, 0.29) is 17.5 Å². The van der Waals surface area contributed by atoms with Gasteiger partial charge in [-0.3, -0.25) is 4.90 Å². The highest BCUT2D eigenvalue weighted by Crippen LogP contribution is 2.52. The number of rotatable bonds is 3. The van der Waals surface area contributed by atoms with Crippen LogP contribution in [-0.4, -0.2) is 59.7 Å². The lowest BCUT2D eigenvalue weighted by Gasteiger charge is -2.57. The Hall–Kier alpha value is -2.15. The Morgan fingerprint density at radius 3 is 2.42 bits per heavy atom. The van der Waals surface area contributed by atoms with E-state index in [0.29, 0.717) is 30.5 Å². The molecule has 4 rings (SSSR count). The highest BCUT2D eigenvalue weighted by molar-refractivity contribution is 5.89. The van der Waals surface area contributed by atoms with Crippen molar-refractivity contribution in [2.45, 2.75) is 90.4 Å². The molecule has 0 unspecified atom stereocenters. The minimum atomic E-state index is -0.500. The first-order chi connectivity index (χ1) is 15.5. The van der Waals surface area contributed by atoms with E-state index in [0.717, 1.165) is 56.3 Å². The smallest absolute Gasteiger partial charge is 0.410 e. The van der Waals surface area contributed by atoms with Crippen LogP contribution >= 0.6 is 0 Å². The number of carbonyl (C=O) groups excluding carboxylic acids is 2. The van der Waals surface area contributed by atoms with Crippen molar-refractivity contribution in [2.75, 3.05) is 20.2 Å². The summed E-state index contributed by atoms with van der Waals surface area (Å²) < 4.78 is 25.1. The van der Waals surface area contributed by atoms with E-state index in [2.05, 4.69) is 11.8 Å². The first kappa shape index (κ1) is 24.0. The molecule has 182 valence electrons. The minimum absolute atomic E-state index is 0.213. The Labute approximate surface area is 196 Å². The van der Waals surface area contributed by atoms with Gasteiger partial charge in [-0.05, 0) is 88.0 Å². The summed E-state index contributed by atoms with van der Waals surface area (Å²) >= 11 is 0. The first-order valence-corrected chi connectivity index (χ1v) is 12.2. The second-order valence-corrected chi connectivity index (χ2v) is 11.1. The lowest BCUT2D eigenvalue weighted by atomic mass is 9.59. The number of likely N-dealkylation sites (tertiary alicyclic amines) is 1. The largest absolute Gasteiger partial charge is 0.465 e. The molecule has 2 fully saturated rings. The molecule has 1 atom stereocenters.